The summed E-state index contributed by atoms with van der Waals surface area (Å²) in [7, 11) is 1.42. The van der Waals surface area contributed by atoms with Crippen molar-refractivity contribution >= 4 is 57.1 Å². The molecular formula is C34H28BrN3O7. The van der Waals surface area contributed by atoms with Crippen LogP contribution in [0.1, 0.15) is 16.7 Å². The molecule has 1 saturated heterocycles. The van der Waals surface area contributed by atoms with Gasteiger partial charge < -0.3 is 19.5 Å². The molecule has 4 aromatic rings. The van der Waals surface area contributed by atoms with Gasteiger partial charge in [-0.05, 0) is 88.6 Å². The fraction of sp³-hybridized carbons (Fsp3) is 0.118. The summed E-state index contributed by atoms with van der Waals surface area (Å²) >= 11 is 3.42. The average molecular weight is 671 g/mol. The van der Waals surface area contributed by atoms with E-state index in [0.717, 1.165) is 16.0 Å². The zero-order chi connectivity index (χ0) is 31.9. The molecule has 1 aliphatic heterocycles. The van der Waals surface area contributed by atoms with Crippen molar-refractivity contribution in [3.8, 4) is 17.2 Å². The van der Waals surface area contributed by atoms with Crippen molar-refractivity contribution in [3.63, 3.8) is 0 Å². The minimum atomic E-state index is -0.869. The van der Waals surface area contributed by atoms with Crippen LogP contribution in [0.25, 0.3) is 6.08 Å². The molecule has 0 aliphatic carbocycles. The number of carbonyl (C=O) groups excluding carboxylic acids is 4. The molecule has 0 bridgehead atoms. The predicted octanol–water partition coefficient (Wildman–Crippen LogP) is 6.03. The van der Waals surface area contributed by atoms with Crippen molar-refractivity contribution < 1.29 is 33.4 Å². The van der Waals surface area contributed by atoms with Crippen LogP contribution in [0.4, 0.5) is 16.2 Å². The second-order valence-electron chi connectivity index (χ2n) is 9.96. The van der Waals surface area contributed by atoms with Crippen LogP contribution in [0.5, 0.6) is 17.2 Å². The van der Waals surface area contributed by atoms with Crippen molar-refractivity contribution in [1.82, 2.24) is 5.32 Å². The number of carbonyl (C=O) groups is 4. The first-order valence-electron chi connectivity index (χ1n) is 13.8. The number of nitrogens with zero attached hydrogens (tertiary/aromatic N) is 1. The van der Waals surface area contributed by atoms with Gasteiger partial charge in [-0.15, -0.1) is 0 Å². The first-order valence-corrected chi connectivity index (χ1v) is 14.6. The Morgan fingerprint density at radius 1 is 0.933 bits per heavy atom. The van der Waals surface area contributed by atoms with Crippen molar-refractivity contribution in [2.75, 3.05) is 23.9 Å². The monoisotopic (exact) mass is 669 g/mol. The molecule has 45 heavy (non-hydrogen) atoms. The highest BCUT2D eigenvalue weighted by Gasteiger charge is 2.37. The van der Waals surface area contributed by atoms with Crippen LogP contribution >= 0.6 is 15.9 Å². The maximum Gasteiger partial charge on any atom is 0.335 e. The van der Waals surface area contributed by atoms with Gasteiger partial charge in [0.2, 0.25) is 0 Å². The first-order chi connectivity index (χ1) is 21.7. The van der Waals surface area contributed by atoms with E-state index in [-0.39, 0.29) is 35.3 Å². The maximum atomic E-state index is 13.4. The minimum absolute atomic E-state index is 0.252. The molecule has 2 N–H and O–H groups in total. The van der Waals surface area contributed by atoms with Gasteiger partial charge in [-0.3, -0.25) is 19.7 Å². The summed E-state index contributed by atoms with van der Waals surface area (Å²) in [6.45, 7) is 2.01. The molecule has 11 heteroatoms. The number of barbiturate groups is 1. The van der Waals surface area contributed by atoms with E-state index in [1.165, 1.54) is 13.2 Å². The van der Waals surface area contributed by atoms with E-state index in [0.29, 0.717) is 28.1 Å². The molecule has 0 saturated carbocycles. The lowest BCUT2D eigenvalue weighted by atomic mass is 10.1. The third-order valence-electron chi connectivity index (χ3n) is 6.69. The SMILES string of the molecule is COc1cc(/C=C2\C(=O)NC(=O)N(c3ccc(OCc4ccccc4)cc3)C2=O)cc(Br)c1OCC(=O)Nc1ccc(C)cc1. The van der Waals surface area contributed by atoms with Crippen LogP contribution in [0, 0.1) is 6.92 Å². The number of imide groups is 2. The number of hydrogen-bond acceptors (Lipinski definition) is 7. The van der Waals surface area contributed by atoms with Gasteiger partial charge in [0.15, 0.2) is 18.1 Å². The molecule has 5 rings (SSSR count). The molecule has 5 amide bonds. The van der Waals surface area contributed by atoms with Gasteiger partial charge in [-0.2, -0.15) is 0 Å². The van der Waals surface area contributed by atoms with E-state index in [4.69, 9.17) is 14.2 Å². The fourth-order valence-corrected chi connectivity index (χ4v) is 5.00. The number of ether oxygens (including phenoxy) is 3. The van der Waals surface area contributed by atoms with Crippen LogP contribution in [0.3, 0.4) is 0 Å². The number of methoxy groups -OCH3 is 1. The molecule has 1 aliphatic rings. The number of anilines is 2. The Morgan fingerprint density at radius 2 is 1.64 bits per heavy atom. The Kier molecular flexibility index (Phi) is 9.59. The molecule has 0 unspecified atom stereocenters. The van der Waals surface area contributed by atoms with Crippen molar-refractivity contribution in [1.29, 1.82) is 0 Å². The summed E-state index contributed by atoms with van der Waals surface area (Å²) < 4.78 is 17.4. The Hall–Kier alpha value is -5.42. The van der Waals surface area contributed by atoms with Crippen molar-refractivity contribution in [3.05, 3.63) is 118 Å². The summed E-state index contributed by atoms with van der Waals surface area (Å²) in [5, 5.41) is 4.97. The minimum Gasteiger partial charge on any atom is -0.493 e. The summed E-state index contributed by atoms with van der Waals surface area (Å²) in [6.07, 6.45) is 1.34. The highest BCUT2D eigenvalue weighted by atomic mass is 79.9. The molecule has 1 fully saturated rings. The zero-order valence-electron chi connectivity index (χ0n) is 24.3. The molecule has 0 radical (unpaired) electrons. The van der Waals surface area contributed by atoms with Gasteiger partial charge in [0, 0.05) is 5.69 Å². The number of nitrogens with one attached hydrogen (secondary N) is 2. The van der Waals surface area contributed by atoms with Gasteiger partial charge in [-0.25, -0.2) is 9.69 Å². The van der Waals surface area contributed by atoms with Gasteiger partial charge in [0.1, 0.15) is 17.9 Å². The number of urea groups is 1. The van der Waals surface area contributed by atoms with Gasteiger partial charge >= 0.3 is 6.03 Å². The maximum absolute atomic E-state index is 13.4. The Morgan fingerprint density at radius 3 is 2.33 bits per heavy atom. The molecule has 228 valence electrons. The van der Waals surface area contributed by atoms with Crippen LogP contribution in [-0.4, -0.2) is 37.5 Å². The molecule has 10 nitrogen and oxygen atoms in total. The lowest BCUT2D eigenvalue weighted by molar-refractivity contribution is -0.122. The smallest absolute Gasteiger partial charge is 0.335 e. The summed E-state index contributed by atoms with van der Waals surface area (Å²) in [6, 6.07) is 25.7. The van der Waals surface area contributed by atoms with E-state index in [9.17, 15) is 19.2 Å². The number of aryl methyl sites for hydroxylation is 1. The molecular weight excluding hydrogens is 642 g/mol. The lowest BCUT2D eigenvalue weighted by Crippen LogP contribution is -2.54. The van der Waals surface area contributed by atoms with Crippen LogP contribution in [0.15, 0.2) is 101 Å². The van der Waals surface area contributed by atoms with E-state index in [1.54, 1.807) is 48.5 Å². The van der Waals surface area contributed by atoms with Crippen LogP contribution < -0.4 is 29.7 Å². The van der Waals surface area contributed by atoms with Crippen molar-refractivity contribution in [2.45, 2.75) is 13.5 Å². The summed E-state index contributed by atoms with van der Waals surface area (Å²) in [5.74, 6) is -0.959. The zero-order valence-corrected chi connectivity index (χ0v) is 25.9. The van der Waals surface area contributed by atoms with Gasteiger partial charge in [0.05, 0.1) is 17.3 Å². The van der Waals surface area contributed by atoms with E-state index < -0.39 is 17.8 Å². The molecule has 0 atom stereocenters. The number of rotatable bonds is 10. The largest absolute Gasteiger partial charge is 0.493 e. The van der Waals surface area contributed by atoms with Gasteiger partial charge in [0.25, 0.3) is 17.7 Å². The average Bonchev–Trinajstić information content (AvgIpc) is 3.03. The Bertz CT molecular complexity index is 1770. The predicted molar refractivity (Wildman–Crippen MR) is 172 cm³/mol. The van der Waals surface area contributed by atoms with E-state index in [1.807, 2.05) is 49.4 Å². The van der Waals surface area contributed by atoms with Crippen molar-refractivity contribution in [2.24, 2.45) is 0 Å². The quantitative estimate of drug-likeness (QED) is 0.156. The lowest BCUT2D eigenvalue weighted by Gasteiger charge is -2.26. The molecule has 0 spiro atoms. The molecule has 0 aromatic heterocycles. The Balaban J connectivity index is 1.30. The van der Waals surface area contributed by atoms with E-state index in [2.05, 4.69) is 26.6 Å². The topological polar surface area (TPSA) is 123 Å². The second kappa shape index (κ2) is 13.9. The van der Waals surface area contributed by atoms with Crippen LogP contribution in [-0.2, 0) is 21.0 Å². The number of halogens is 1. The Labute approximate surface area is 267 Å². The third kappa shape index (κ3) is 7.57. The normalized spacial score (nSPS) is 13.8. The fourth-order valence-electron chi connectivity index (χ4n) is 4.43. The number of hydrogen-bond donors (Lipinski definition) is 2. The third-order valence-corrected chi connectivity index (χ3v) is 7.28. The van der Waals surface area contributed by atoms with E-state index >= 15 is 0 Å². The first kappa shape index (κ1) is 31.0. The molecule has 1 heterocycles. The number of amides is 5. The van der Waals surface area contributed by atoms with Gasteiger partial charge in [-0.1, -0.05) is 48.0 Å². The van der Waals surface area contributed by atoms with Crippen LogP contribution in [0.2, 0.25) is 0 Å². The highest BCUT2D eigenvalue weighted by Crippen LogP contribution is 2.37. The second-order valence-corrected chi connectivity index (χ2v) is 10.8. The standard InChI is InChI=1S/C34H28BrN3O7/c1-21-8-10-24(11-9-21)36-30(39)20-45-31-28(35)17-23(18-29(31)43-2)16-27-32(40)37-34(42)38(33(27)41)25-12-14-26(15-13-25)44-19-22-6-4-3-5-7-22/h3-18H,19-20H2,1-2H3,(H,36,39)(H,37,40,42)/b27-16+. The summed E-state index contributed by atoms with van der Waals surface area (Å²) in [5.41, 5.74) is 3.10. The highest BCUT2D eigenvalue weighted by molar-refractivity contribution is 9.10. The molecule has 4 aromatic carbocycles. The summed E-state index contributed by atoms with van der Waals surface area (Å²) in [4.78, 5) is 52.2. The number of benzene rings is 4.